The Morgan fingerprint density at radius 2 is 1.79 bits per heavy atom. The van der Waals surface area contributed by atoms with Gasteiger partial charge >= 0.3 is 0 Å². The number of nitrogens with zero attached hydrogens (tertiary/aromatic N) is 3. The molecule has 2 aromatic carbocycles. The van der Waals surface area contributed by atoms with Crippen LogP contribution in [0.25, 0.3) is 11.4 Å². The van der Waals surface area contributed by atoms with Gasteiger partial charge in [-0.2, -0.15) is 0 Å². The predicted octanol–water partition coefficient (Wildman–Crippen LogP) is 3.61. The van der Waals surface area contributed by atoms with Gasteiger partial charge in [0.15, 0.2) is 12.4 Å². The first kappa shape index (κ1) is 19.1. The van der Waals surface area contributed by atoms with Crippen LogP contribution >= 0.6 is 0 Å². The molecule has 0 spiro atoms. The summed E-state index contributed by atoms with van der Waals surface area (Å²) in [7, 11) is 0. The lowest BCUT2D eigenvalue weighted by Gasteiger charge is -2.20. The summed E-state index contributed by atoms with van der Waals surface area (Å²) in [5, 5.41) is 9.04. The fourth-order valence-electron chi connectivity index (χ4n) is 3.69. The van der Waals surface area contributed by atoms with Gasteiger partial charge in [-0.3, -0.25) is 4.79 Å². The van der Waals surface area contributed by atoms with Gasteiger partial charge in [0.05, 0.1) is 5.41 Å². The first-order valence-electron chi connectivity index (χ1n) is 9.64. The zero-order valence-corrected chi connectivity index (χ0v) is 16.4. The molecular formula is C22H23FN4O2. The van der Waals surface area contributed by atoms with Gasteiger partial charge in [-0.1, -0.05) is 12.1 Å². The third kappa shape index (κ3) is 3.60. The molecule has 2 N–H and O–H groups in total. The number of carbonyl (C=O) groups is 1. The fraction of sp³-hybridized carbons (Fsp3) is 0.318. The molecule has 1 heterocycles. The highest BCUT2D eigenvalue weighted by atomic mass is 19.1. The molecule has 1 amide bonds. The molecule has 4 rings (SSSR count). The minimum atomic E-state index is -0.520. The lowest BCUT2D eigenvalue weighted by molar-refractivity contribution is -0.119. The number of carbonyl (C=O) groups excluding carboxylic acids is 1. The van der Waals surface area contributed by atoms with Gasteiger partial charge in [-0.15, -0.1) is 10.2 Å². The highest BCUT2D eigenvalue weighted by molar-refractivity contribution is 5.75. The maximum Gasteiger partial charge on any atom is 0.255 e. The van der Waals surface area contributed by atoms with Crippen molar-refractivity contribution >= 4 is 5.91 Å². The summed E-state index contributed by atoms with van der Waals surface area (Å²) in [5.74, 6) is 1.48. The minimum absolute atomic E-state index is 0.152. The van der Waals surface area contributed by atoms with E-state index in [0.717, 1.165) is 35.6 Å². The van der Waals surface area contributed by atoms with Crippen molar-refractivity contribution in [3.8, 4) is 17.1 Å². The van der Waals surface area contributed by atoms with E-state index in [-0.39, 0.29) is 23.9 Å². The van der Waals surface area contributed by atoms with E-state index in [1.54, 1.807) is 12.1 Å². The van der Waals surface area contributed by atoms with Crippen molar-refractivity contribution in [2.24, 2.45) is 5.73 Å². The van der Waals surface area contributed by atoms with Gasteiger partial charge in [0, 0.05) is 11.6 Å². The number of nitrogens with two attached hydrogens (primary N) is 1. The molecule has 0 atom stereocenters. The minimum Gasteiger partial charge on any atom is -0.484 e. The van der Waals surface area contributed by atoms with Crippen molar-refractivity contribution in [3.05, 3.63) is 65.7 Å². The molecule has 0 saturated heterocycles. The number of rotatable bonds is 7. The average Bonchev–Trinajstić information content (AvgIpc) is 3.38. The molecule has 6 nitrogen and oxygen atoms in total. The zero-order valence-electron chi connectivity index (χ0n) is 16.4. The van der Waals surface area contributed by atoms with E-state index < -0.39 is 5.91 Å². The number of aromatic nitrogens is 3. The van der Waals surface area contributed by atoms with Crippen LogP contribution in [-0.4, -0.2) is 27.3 Å². The van der Waals surface area contributed by atoms with Crippen LogP contribution in [0.15, 0.2) is 48.5 Å². The first-order valence-corrected chi connectivity index (χ1v) is 9.64. The summed E-state index contributed by atoms with van der Waals surface area (Å²) < 4.78 is 20.9. The Labute approximate surface area is 168 Å². The number of primary amides is 1. The predicted molar refractivity (Wildman–Crippen MR) is 107 cm³/mol. The maximum absolute atomic E-state index is 13.4. The molecule has 29 heavy (non-hydrogen) atoms. The number of benzene rings is 2. The second-order valence-corrected chi connectivity index (χ2v) is 7.68. The van der Waals surface area contributed by atoms with E-state index in [1.807, 2.05) is 24.3 Å². The molecule has 3 aromatic rings. The van der Waals surface area contributed by atoms with Gasteiger partial charge in [0.25, 0.3) is 5.91 Å². The monoisotopic (exact) mass is 394 g/mol. The highest BCUT2D eigenvalue weighted by Gasteiger charge is 2.50. The maximum atomic E-state index is 13.4. The second-order valence-electron chi connectivity index (χ2n) is 7.68. The van der Waals surface area contributed by atoms with Crippen LogP contribution in [0, 0.1) is 5.82 Å². The molecule has 1 aromatic heterocycles. The summed E-state index contributed by atoms with van der Waals surface area (Å²) in [6, 6.07) is 14.2. The quantitative estimate of drug-likeness (QED) is 0.664. The van der Waals surface area contributed by atoms with E-state index in [2.05, 4.69) is 28.6 Å². The molecule has 1 fully saturated rings. The summed E-state index contributed by atoms with van der Waals surface area (Å²) in [6.45, 7) is 4.04. The molecule has 1 aliphatic rings. The Morgan fingerprint density at radius 1 is 1.14 bits per heavy atom. The summed E-state index contributed by atoms with van der Waals surface area (Å²) in [6.07, 6.45) is 1.92. The Hall–Kier alpha value is -3.22. The van der Waals surface area contributed by atoms with Crippen LogP contribution in [0.1, 0.15) is 44.1 Å². The number of hydrogen-bond acceptors (Lipinski definition) is 4. The average molecular weight is 394 g/mol. The number of halogens is 1. The lowest BCUT2D eigenvalue weighted by Crippen LogP contribution is -2.20. The number of ether oxygens (including phenoxy) is 1. The van der Waals surface area contributed by atoms with E-state index in [1.165, 1.54) is 12.1 Å². The van der Waals surface area contributed by atoms with Crippen molar-refractivity contribution in [2.45, 2.75) is 38.1 Å². The van der Waals surface area contributed by atoms with Crippen molar-refractivity contribution < 1.29 is 13.9 Å². The summed E-state index contributed by atoms with van der Waals surface area (Å²) in [5.41, 5.74) is 6.87. The van der Waals surface area contributed by atoms with Crippen LogP contribution in [0.5, 0.6) is 5.75 Å². The Kier molecular flexibility index (Phi) is 4.82. The summed E-state index contributed by atoms with van der Waals surface area (Å²) in [4.78, 5) is 10.9. The molecule has 0 radical (unpaired) electrons. The molecule has 150 valence electrons. The lowest BCUT2D eigenvalue weighted by atomic mass is 9.94. The van der Waals surface area contributed by atoms with Crippen molar-refractivity contribution in [1.82, 2.24) is 14.8 Å². The second kappa shape index (κ2) is 7.31. The molecule has 0 bridgehead atoms. The van der Waals surface area contributed by atoms with Gasteiger partial charge in [0.2, 0.25) is 0 Å². The van der Waals surface area contributed by atoms with E-state index >= 15 is 0 Å². The van der Waals surface area contributed by atoms with E-state index in [0.29, 0.717) is 5.75 Å². The third-order valence-corrected chi connectivity index (χ3v) is 5.28. The molecule has 0 aliphatic heterocycles. The highest BCUT2D eigenvalue weighted by Crippen LogP contribution is 2.53. The Morgan fingerprint density at radius 3 is 2.34 bits per heavy atom. The molecular weight excluding hydrogens is 371 g/mol. The van der Waals surface area contributed by atoms with Crippen LogP contribution in [0.4, 0.5) is 4.39 Å². The zero-order chi connectivity index (χ0) is 20.6. The van der Waals surface area contributed by atoms with Gasteiger partial charge in [-0.05, 0) is 68.7 Å². The number of hydrogen-bond donors (Lipinski definition) is 1. The topological polar surface area (TPSA) is 83.0 Å². The fourth-order valence-corrected chi connectivity index (χ4v) is 3.69. The van der Waals surface area contributed by atoms with E-state index in [4.69, 9.17) is 10.5 Å². The van der Waals surface area contributed by atoms with Crippen LogP contribution in [0.3, 0.4) is 0 Å². The normalized spacial score (nSPS) is 14.8. The smallest absolute Gasteiger partial charge is 0.255 e. The molecule has 1 aliphatic carbocycles. The van der Waals surface area contributed by atoms with E-state index in [9.17, 15) is 9.18 Å². The van der Waals surface area contributed by atoms with Gasteiger partial charge in [-0.25, -0.2) is 4.39 Å². The summed E-state index contributed by atoms with van der Waals surface area (Å²) >= 11 is 0. The van der Waals surface area contributed by atoms with Crippen molar-refractivity contribution in [3.63, 3.8) is 0 Å². The number of amides is 1. The molecule has 7 heteroatoms. The molecule has 0 unspecified atom stereocenters. The van der Waals surface area contributed by atoms with Crippen LogP contribution < -0.4 is 10.5 Å². The first-order chi connectivity index (χ1) is 13.9. The van der Waals surface area contributed by atoms with Crippen molar-refractivity contribution in [1.29, 1.82) is 0 Å². The third-order valence-electron chi connectivity index (χ3n) is 5.28. The van der Waals surface area contributed by atoms with Gasteiger partial charge < -0.3 is 15.0 Å². The van der Waals surface area contributed by atoms with Crippen LogP contribution in [-0.2, 0) is 10.2 Å². The Bertz CT molecular complexity index is 1020. The van der Waals surface area contributed by atoms with Gasteiger partial charge in [0.1, 0.15) is 17.4 Å². The van der Waals surface area contributed by atoms with Crippen molar-refractivity contribution in [2.75, 3.05) is 6.61 Å². The standard InChI is InChI=1S/C22H23FN4O2/c1-14(2)27-20(15-3-9-18(10-4-15)29-13-19(24)28)25-26-21(27)22(11-12-22)16-5-7-17(23)8-6-16/h3-10,14H,11-13H2,1-2H3,(H2,24,28). The molecule has 1 saturated carbocycles. The largest absolute Gasteiger partial charge is 0.484 e. The van der Waals surface area contributed by atoms with Crippen LogP contribution in [0.2, 0.25) is 0 Å². The Balaban J connectivity index is 1.69. The SMILES string of the molecule is CC(C)n1c(-c2ccc(OCC(N)=O)cc2)nnc1C1(c2ccc(F)cc2)CC1.